The van der Waals surface area contributed by atoms with Crippen molar-refractivity contribution in [2.45, 2.75) is 38.7 Å². The van der Waals surface area contributed by atoms with Crippen molar-refractivity contribution in [1.29, 1.82) is 0 Å². The maximum Gasteiger partial charge on any atom is 0.131 e. The van der Waals surface area contributed by atoms with Crippen LogP contribution < -0.4 is 0 Å². The topological polar surface area (TPSA) is 46.0 Å². The highest BCUT2D eigenvalue weighted by Crippen LogP contribution is 2.21. The Morgan fingerprint density at radius 3 is 2.62 bits per heavy atom. The molecule has 126 valence electrons. The minimum atomic E-state index is -0.283. The van der Waals surface area contributed by atoms with E-state index in [0.29, 0.717) is 17.8 Å². The molecule has 1 N–H and O–H groups in total. The fraction of sp³-hybridized carbons (Fsp3) is 0.300. The Hall–Kier alpha value is -2.33. The molecule has 1 aromatic carbocycles. The number of aliphatic hydroxyl groups is 1. The van der Waals surface area contributed by atoms with E-state index in [2.05, 4.69) is 16.5 Å². The molecular formula is C20H23FN2O. The molecule has 1 atom stereocenters. The average molecular weight is 326 g/mol. The van der Waals surface area contributed by atoms with Gasteiger partial charge in [-0.25, -0.2) is 14.4 Å². The van der Waals surface area contributed by atoms with E-state index in [1.807, 2.05) is 12.1 Å². The summed E-state index contributed by atoms with van der Waals surface area (Å²) in [5.74, 6) is 0.431. The van der Waals surface area contributed by atoms with Crippen molar-refractivity contribution in [2.24, 2.45) is 0 Å². The third kappa shape index (κ3) is 5.39. The van der Waals surface area contributed by atoms with Gasteiger partial charge in [0.15, 0.2) is 0 Å². The highest BCUT2D eigenvalue weighted by atomic mass is 19.1. The molecule has 0 amide bonds. The van der Waals surface area contributed by atoms with Gasteiger partial charge in [0.2, 0.25) is 0 Å². The van der Waals surface area contributed by atoms with Crippen LogP contribution in [0.15, 0.2) is 49.3 Å². The second kappa shape index (κ2) is 9.08. The Bertz CT molecular complexity index is 693. The van der Waals surface area contributed by atoms with Crippen LogP contribution in [0.4, 0.5) is 4.39 Å². The van der Waals surface area contributed by atoms with E-state index in [-0.39, 0.29) is 11.9 Å². The summed E-state index contributed by atoms with van der Waals surface area (Å²) in [4.78, 5) is 8.48. The van der Waals surface area contributed by atoms with Crippen molar-refractivity contribution in [1.82, 2.24) is 9.97 Å². The second-order valence-corrected chi connectivity index (χ2v) is 5.80. The molecule has 2 aromatic rings. The van der Waals surface area contributed by atoms with E-state index in [1.54, 1.807) is 37.5 Å². The summed E-state index contributed by atoms with van der Waals surface area (Å²) in [6.07, 6.45) is 11.7. The van der Waals surface area contributed by atoms with Crippen molar-refractivity contribution >= 4 is 6.08 Å². The van der Waals surface area contributed by atoms with Gasteiger partial charge in [-0.2, -0.15) is 0 Å². The van der Waals surface area contributed by atoms with Gasteiger partial charge in [0.25, 0.3) is 0 Å². The number of benzene rings is 1. The summed E-state index contributed by atoms with van der Waals surface area (Å²) >= 11 is 0. The zero-order chi connectivity index (χ0) is 17.4. The van der Waals surface area contributed by atoms with Gasteiger partial charge in [0.1, 0.15) is 11.6 Å². The van der Waals surface area contributed by atoms with Crippen LogP contribution >= 0.6 is 0 Å². The maximum absolute atomic E-state index is 14.2. The normalized spacial score (nSPS) is 12.5. The van der Waals surface area contributed by atoms with E-state index in [4.69, 9.17) is 0 Å². The van der Waals surface area contributed by atoms with Gasteiger partial charge in [-0.05, 0) is 37.8 Å². The molecule has 0 saturated heterocycles. The minimum absolute atomic E-state index is 0.269. The second-order valence-electron chi connectivity index (χ2n) is 5.80. The van der Waals surface area contributed by atoms with Crippen LogP contribution in [0.3, 0.4) is 0 Å². The molecule has 0 aliphatic heterocycles. The molecule has 4 heteroatoms. The van der Waals surface area contributed by atoms with Crippen LogP contribution in [0.2, 0.25) is 0 Å². The Kier molecular flexibility index (Phi) is 6.82. The summed E-state index contributed by atoms with van der Waals surface area (Å²) in [5, 5.41) is 9.20. The van der Waals surface area contributed by atoms with Crippen molar-refractivity contribution in [3.8, 4) is 11.1 Å². The molecule has 0 fully saturated rings. The fourth-order valence-corrected chi connectivity index (χ4v) is 2.32. The van der Waals surface area contributed by atoms with Gasteiger partial charge in [0.05, 0.1) is 6.10 Å². The highest BCUT2D eigenvalue weighted by molar-refractivity contribution is 5.64. The standard InChI is InChI=1S/C20H23FN2O/c1-3-7-20-22-13-18(14-23-20)17-11-10-16(19(21)12-17)9-6-4-5-8-15(2)24/h3,6,9-15,24H,1,4-5,7-8H2,2H3/b9-6+. The number of unbranched alkanes of at least 4 members (excludes halogenated alkanes) is 1. The largest absolute Gasteiger partial charge is 0.393 e. The molecule has 1 aromatic heterocycles. The van der Waals surface area contributed by atoms with E-state index < -0.39 is 0 Å². The van der Waals surface area contributed by atoms with E-state index in [1.165, 1.54) is 6.07 Å². The Morgan fingerprint density at radius 1 is 1.25 bits per heavy atom. The Labute approximate surface area is 142 Å². The first kappa shape index (κ1) is 18.0. The summed E-state index contributed by atoms with van der Waals surface area (Å²) in [6, 6.07) is 5.12. The van der Waals surface area contributed by atoms with Crippen LogP contribution in [0.5, 0.6) is 0 Å². The predicted molar refractivity (Wildman–Crippen MR) is 95.9 cm³/mol. The molecule has 0 aliphatic carbocycles. The minimum Gasteiger partial charge on any atom is -0.393 e. The zero-order valence-corrected chi connectivity index (χ0v) is 14.0. The lowest BCUT2D eigenvalue weighted by Gasteiger charge is -2.04. The first-order valence-electron chi connectivity index (χ1n) is 8.16. The van der Waals surface area contributed by atoms with Gasteiger partial charge in [-0.3, -0.25) is 0 Å². The number of aliphatic hydroxyl groups excluding tert-OH is 1. The van der Waals surface area contributed by atoms with Crippen LogP contribution in [0, 0.1) is 5.82 Å². The zero-order valence-electron chi connectivity index (χ0n) is 14.0. The number of hydrogen-bond donors (Lipinski definition) is 1. The van der Waals surface area contributed by atoms with Crippen LogP contribution in [-0.4, -0.2) is 21.2 Å². The third-order valence-corrected chi connectivity index (χ3v) is 3.66. The molecule has 0 aliphatic rings. The van der Waals surface area contributed by atoms with Crippen molar-refractivity contribution in [3.05, 3.63) is 66.5 Å². The monoisotopic (exact) mass is 326 g/mol. The number of halogens is 1. The molecule has 0 saturated carbocycles. The highest BCUT2D eigenvalue weighted by Gasteiger charge is 2.04. The number of nitrogens with zero attached hydrogens (tertiary/aromatic N) is 2. The van der Waals surface area contributed by atoms with Crippen molar-refractivity contribution in [2.75, 3.05) is 0 Å². The molecule has 1 unspecified atom stereocenters. The lowest BCUT2D eigenvalue weighted by atomic mass is 10.1. The lowest BCUT2D eigenvalue weighted by molar-refractivity contribution is 0.182. The first-order valence-corrected chi connectivity index (χ1v) is 8.16. The van der Waals surface area contributed by atoms with Gasteiger partial charge < -0.3 is 5.11 Å². The molecule has 0 radical (unpaired) electrons. The summed E-state index contributed by atoms with van der Waals surface area (Å²) in [6.45, 7) is 5.43. The smallest absolute Gasteiger partial charge is 0.131 e. The number of hydrogen-bond acceptors (Lipinski definition) is 3. The van der Waals surface area contributed by atoms with Crippen molar-refractivity contribution < 1.29 is 9.50 Å². The van der Waals surface area contributed by atoms with E-state index >= 15 is 0 Å². The fourth-order valence-electron chi connectivity index (χ4n) is 2.32. The maximum atomic E-state index is 14.2. The molecule has 0 bridgehead atoms. The summed E-state index contributed by atoms with van der Waals surface area (Å²) < 4.78 is 14.2. The summed E-state index contributed by atoms with van der Waals surface area (Å²) in [7, 11) is 0. The van der Waals surface area contributed by atoms with Crippen LogP contribution in [0.1, 0.15) is 37.6 Å². The number of rotatable bonds is 8. The average Bonchev–Trinajstić information content (AvgIpc) is 2.56. The quantitative estimate of drug-likeness (QED) is 0.571. The SMILES string of the molecule is C=CCc1ncc(-c2ccc(/C=C/CCCC(C)O)c(F)c2)cn1. The van der Waals surface area contributed by atoms with Crippen molar-refractivity contribution in [3.63, 3.8) is 0 Å². The molecule has 24 heavy (non-hydrogen) atoms. The number of allylic oxidation sites excluding steroid dienone is 2. The van der Waals surface area contributed by atoms with Crippen LogP contribution in [-0.2, 0) is 6.42 Å². The molecule has 2 rings (SSSR count). The van der Waals surface area contributed by atoms with E-state index in [0.717, 1.165) is 30.4 Å². The predicted octanol–water partition coefficient (Wildman–Crippen LogP) is 4.58. The first-order chi connectivity index (χ1) is 11.6. The summed E-state index contributed by atoms with van der Waals surface area (Å²) in [5.41, 5.74) is 2.10. The number of aromatic nitrogens is 2. The van der Waals surface area contributed by atoms with E-state index in [9.17, 15) is 9.50 Å². The molecule has 3 nitrogen and oxygen atoms in total. The third-order valence-electron chi connectivity index (χ3n) is 3.66. The molecule has 0 spiro atoms. The van der Waals surface area contributed by atoms with Gasteiger partial charge in [0, 0.05) is 29.9 Å². The van der Waals surface area contributed by atoms with Gasteiger partial charge in [-0.15, -0.1) is 6.58 Å². The molecule has 1 heterocycles. The Morgan fingerprint density at radius 2 is 2.00 bits per heavy atom. The van der Waals surface area contributed by atoms with Gasteiger partial charge in [-0.1, -0.05) is 30.4 Å². The Balaban J connectivity index is 2.03. The lowest BCUT2D eigenvalue weighted by Crippen LogP contribution is -1.97. The van der Waals surface area contributed by atoms with Gasteiger partial charge >= 0.3 is 0 Å². The van der Waals surface area contributed by atoms with Crippen LogP contribution in [0.25, 0.3) is 17.2 Å². The molecular weight excluding hydrogens is 303 g/mol.